The molecular formula is C15H20N4O2. The summed E-state index contributed by atoms with van der Waals surface area (Å²) in [7, 11) is 0. The van der Waals surface area contributed by atoms with E-state index in [0.717, 1.165) is 36.6 Å². The van der Waals surface area contributed by atoms with E-state index in [2.05, 4.69) is 10.4 Å². The number of aryl methyl sites for hydroxylation is 3. The molecule has 21 heavy (non-hydrogen) atoms. The summed E-state index contributed by atoms with van der Waals surface area (Å²) in [6, 6.07) is 6.99. The zero-order valence-corrected chi connectivity index (χ0v) is 12.3. The second-order valence-electron chi connectivity index (χ2n) is 5.04. The van der Waals surface area contributed by atoms with E-state index in [9.17, 15) is 4.79 Å². The van der Waals surface area contributed by atoms with Crippen molar-refractivity contribution in [2.45, 2.75) is 26.8 Å². The fraction of sp³-hybridized carbons (Fsp3) is 0.333. The van der Waals surface area contributed by atoms with Gasteiger partial charge in [0, 0.05) is 30.2 Å². The number of anilines is 2. The van der Waals surface area contributed by atoms with E-state index in [0.29, 0.717) is 0 Å². The van der Waals surface area contributed by atoms with Crippen molar-refractivity contribution >= 4 is 17.3 Å². The first-order chi connectivity index (χ1) is 9.97. The Morgan fingerprint density at radius 1 is 1.38 bits per heavy atom. The Labute approximate surface area is 123 Å². The molecule has 0 saturated heterocycles. The molecule has 1 heterocycles. The maximum absolute atomic E-state index is 11.0. The molecule has 4 N–H and O–H groups in total. The standard InChI is InChI=1S/C15H20N4O2/c1-10-8-11(2)19(18-10)7-3-6-17-12-4-5-14(16)13(9-12)15(20)21/h4-5,8-9,17H,3,6-7,16H2,1-2H3,(H,20,21). The zero-order valence-electron chi connectivity index (χ0n) is 12.3. The number of hydrogen-bond donors (Lipinski definition) is 3. The van der Waals surface area contributed by atoms with Gasteiger partial charge in [-0.15, -0.1) is 0 Å². The van der Waals surface area contributed by atoms with Gasteiger partial charge in [-0.2, -0.15) is 5.10 Å². The van der Waals surface area contributed by atoms with Crippen molar-refractivity contribution in [3.05, 3.63) is 41.2 Å². The molecule has 2 rings (SSSR count). The lowest BCUT2D eigenvalue weighted by Gasteiger charge is -2.09. The van der Waals surface area contributed by atoms with Gasteiger partial charge in [-0.25, -0.2) is 4.79 Å². The number of benzene rings is 1. The molecule has 0 fully saturated rings. The third-order valence-corrected chi connectivity index (χ3v) is 3.26. The largest absolute Gasteiger partial charge is 0.478 e. The van der Waals surface area contributed by atoms with Gasteiger partial charge in [0.1, 0.15) is 0 Å². The van der Waals surface area contributed by atoms with Gasteiger partial charge in [0.05, 0.1) is 11.3 Å². The zero-order chi connectivity index (χ0) is 15.4. The Hall–Kier alpha value is -2.50. The number of nitrogen functional groups attached to an aromatic ring is 1. The van der Waals surface area contributed by atoms with Crippen molar-refractivity contribution in [1.29, 1.82) is 0 Å². The average Bonchev–Trinajstić information content (AvgIpc) is 2.74. The van der Waals surface area contributed by atoms with Crippen LogP contribution in [0.4, 0.5) is 11.4 Å². The molecule has 0 atom stereocenters. The number of hydrogen-bond acceptors (Lipinski definition) is 4. The summed E-state index contributed by atoms with van der Waals surface area (Å²) in [6.45, 7) is 5.57. The Morgan fingerprint density at radius 3 is 2.76 bits per heavy atom. The van der Waals surface area contributed by atoms with Crippen LogP contribution in [0.1, 0.15) is 28.2 Å². The lowest BCUT2D eigenvalue weighted by atomic mass is 10.1. The number of carbonyl (C=O) groups is 1. The van der Waals surface area contributed by atoms with Gasteiger partial charge >= 0.3 is 5.97 Å². The van der Waals surface area contributed by atoms with E-state index in [1.54, 1.807) is 18.2 Å². The maximum atomic E-state index is 11.0. The Bertz CT molecular complexity index is 649. The first-order valence-electron chi connectivity index (χ1n) is 6.85. The molecule has 0 aliphatic heterocycles. The molecule has 0 saturated carbocycles. The van der Waals surface area contributed by atoms with E-state index in [1.165, 1.54) is 0 Å². The van der Waals surface area contributed by atoms with Crippen LogP contribution >= 0.6 is 0 Å². The van der Waals surface area contributed by atoms with E-state index in [4.69, 9.17) is 10.8 Å². The molecule has 112 valence electrons. The summed E-state index contributed by atoms with van der Waals surface area (Å²) in [5, 5.41) is 16.6. The highest BCUT2D eigenvalue weighted by atomic mass is 16.4. The normalized spacial score (nSPS) is 10.6. The third kappa shape index (κ3) is 3.75. The van der Waals surface area contributed by atoms with Crippen molar-refractivity contribution < 1.29 is 9.90 Å². The fourth-order valence-corrected chi connectivity index (χ4v) is 2.21. The van der Waals surface area contributed by atoms with Crippen molar-refractivity contribution in [2.24, 2.45) is 0 Å². The number of nitrogens with two attached hydrogens (primary N) is 1. The van der Waals surface area contributed by atoms with Crippen molar-refractivity contribution in [3.8, 4) is 0 Å². The van der Waals surface area contributed by atoms with E-state index in [-0.39, 0.29) is 11.3 Å². The second kappa shape index (κ2) is 6.30. The van der Waals surface area contributed by atoms with Gasteiger partial charge in [-0.05, 0) is 44.5 Å². The number of carboxylic acids is 1. The van der Waals surface area contributed by atoms with Crippen LogP contribution in [-0.2, 0) is 6.54 Å². The first-order valence-corrected chi connectivity index (χ1v) is 6.85. The lowest BCUT2D eigenvalue weighted by molar-refractivity contribution is 0.0698. The van der Waals surface area contributed by atoms with Gasteiger partial charge < -0.3 is 16.2 Å². The van der Waals surface area contributed by atoms with Crippen LogP contribution in [0.2, 0.25) is 0 Å². The number of nitrogens with one attached hydrogen (secondary N) is 1. The fourth-order valence-electron chi connectivity index (χ4n) is 2.21. The molecule has 1 aromatic carbocycles. The smallest absolute Gasteiger partial charge is 0.337 e. The van der Waals surface area contributed by atoms with Crippen molar-refractivity contribution in [2.75, 3.05) is 17.6 Å². The van der Waals surface area contributed by atoms with E-state index < -0.39 is 5.97 Å². The van der Waals surface area contributed by atoms with Crippen LogP contribution in [0.5, 0.6) is 0 Å². The molecule has 2 aromatic rings. The summed E-state index contributed by atoms with van der Waals surface area (Å²) in [5.74, 6) is -1.02. The van der Waals surface area contributed by atoms with Gasteiger partial charge in [-0.1, -0.05) is 0 Å². The van der Waals surface area contributed by atoms with Crippen LogP contribution in [-0.4, -0.2) is 27.4 Å². The van der Waals surface area contributed by atoms with Crippen LogP contribution in [0.15, 0.2) is 24.3 Å². The number of rotatable bonds is 6. The topological polar surface area (TPSA) is 93.2 Å². The summed E-state index contributed by atoms with van der Waals surface area (Å²) in [5.41, 5.74) is 8.94. The third-order valence-electron chi connectivity index (χ3n) is 3.26. The maximum Gasteiger partial charge on any atom is 0.337 e. The summed E-state index contributed by atoms with van der Waals surface area (Å²) < 4.78 is 1.97. The molecule has 0 aliphatic carbocycles. The van der Waals surface area contributed by atoms with Crippen LogP contribution < -0.4 is 11.1 Å². The summed E-state index contributed by atoms with van der Waals surface area (Å²) in [4.78, 5) is 11.0. The number of aromatic nitrogens is 2. The predicted octanol–water partition coefficient (Wildman–Crippen LogP) is 2.28. The molecule has 1 aromatic heterocycles. The molecule has 0 bridgehead atoms. The number of aromatic carboxylic acids is 1. The molecule has 6 nitrogen and oxygen atoms in total. The molecule has 0 aliphatic rings. The first kappa shape index (κ1) is 14.9. The minimum atomic E-state index is -1.02. The number of nitrogens with zero attached hydrogens (tertiary/aromatic N) is 2. The SMILES string of the molecule is Cc1cc(C)n(CCCNc2ccc(N)c(C(=O)O)c2)n1. The van der Waals surface area contributed by atoms with E-state index in [1.807, 2.05) is 24.6 Å². The molecule has 0 spiro atoms. The minimum Gasteiger partial charge on any atom is -0.478 e. The van der Waals surface area contributed by atoms with Crippen molar-refractivity contribution in [3.63, 3.8) is 0 Å². The van der Waals surface area contributed by atoms with Gasteiger partial charge in [0.2, 0.25) is 0 Å². The van der Waals surface area contributed by atoms with Gasteiger partial charge in [0.25, 0.3) is 0 Å². The number of carboxylic acid groups (broad SMARTS) is 1. The Kier molecular flexibility index (Phi) is 4.47. The molecule has 0 amide bonds. The highest BCUT2D eigenvalue weighted by Crippen LogP contribution is 2.17. The molecule has 0 radical (unpaired) electrons. The van der Waals surface area contributed by atoms with Gasteiger partial charge in [0.15, 0.2) is 0 Å². The summed E-state index contributed by atoms with van der Waals surface area (Å²) in [6.07, 6.45) is 0.898. The second-order valence-corrected chi connectivity index (χ2v) is 5.04. The van der Waals surface area contributed by atoms with E-state index >= 15 is 0 Å². The van der Waals surface area contributed by atoms with Gasteiger partial charge in [-0.3, -0.25) is 4.68 Å². The van der Waals surface area contributed by atoms with Crippen LogP contribution in [0.25, 0.3) is 0 Å². The Morgan fingerprint density at radius 2 is 2.14 bits per heavy atom. The average molecular weight is 288 g/mol. The molecule has 6 heteroatoms. The molecule has 0 unspecified atom stereocenters. The highest BCUT2D eigenvalue weighted by Gasteiger charge is 2.08. The lowest BCUT2D eigenvalue weighted by Crippen LogP contribution is -2.10. The minimum absolute atomic E-state index is 0.124. The van der Waals surface area contributed by atoms with Crippen LogP contribution in [0.3, 0.4) is 0 Å². The predicted molar refractivity (Wildman–Crippen MR) is 82.6 cm³/mol. The van der Waals surface area contributed by atoms with Crippen molar-refractivity contribution in [1.82, 2.24) is 9.78 Å². The molecular weight excluding hydrogens is 268 g/mol. The summed E-state index contributed by atoms with van der Waals surface area (Å²) >= 11 is 0. The quantitative estimate of drug-likeness (QED) is 0.560. The monoisotopic (exact) mass is 288 g/mol. The highest BCUT2D eigenvalue weighted by molar-refractivity contribution is 5.94. The van der Waals surface area contributed by atoms with Crippen LogP contribution in [0, 0.1) is 13.8 Å². The Balaban J connectivity index is 1.88.